The maximum absolute atomic E-state index is 6.09. The predicted molar refractivity (Wildman–Crippen MR) is 82.7 cm³/mol. The van der Waals surface area contributed by atoms with E-state index in [1.54, 1.807) is 0 Å². The van der Waals surface area contributed by atoms with Gasteiger partial charge in [-0.3, -0.25) is 0 Å². The standard InChI is InChI=1S/C17H30N2O/c1-13(2)10-17(8-6-7-9-17)14-11-18-15(20-14)12-19-16(3,4)5/h11,13,19H,6-10,12H2,1-5H3. The summed E-state index contributed by atoms with van der Waals surface area (Å²) in [6.45, 7) is 11.8. The van der Waals surface area contributed by atoms with Gasteiger partial charge in [-0.15, -0.1) is 0 Å². The highest BCUT2D eigenvalue weighted by molar-refractivity contribution is 5.14. The minimum Gasteiger partial charge on any atom is -0.444 e. The Morgan fingerprint density at radius 3 is 2.50 bits per heavy atom. The molecule has 1 aliphatic rings. The smallest absolute Gasteiger partial charge is 0.208 e. The van der Waals surface area contributed by atoms with Gasteiger partial charge in [0.1, 0.15) is 5.76 Å². The SMILES string of the molecule is CC(C)CC1(c2cnc(CNC(C)(C)C)o2)CCCC1. The van der Waals surface area contributed by atoms with Crippen molar-refractivity contribution in [1.82, 2.24) is 10.3 Å². The third-order valence-electron chi connectivity index (χ3n) is 4.21. The van der Waals surface area contributed by atoms with Gasteiger partial charge in [0.05, 0.1) is 12.7 Å². The molecule has 1 heterocycles. The van der Waals surface area contributed by atoms with Crippen LogP contribution in [0.5, 0.6) is 0 Å². The highest BCUT2D eigenvalue weighted by Gasteiger charge is 2.39. The van der Waals surface area contributed by atoms with E-state index in [4.69, 9.17) is 4.42 Å². The Morgan fingerprint density at radius 2 is 1.95 bits per heavy atom. The predicted octanol–water partition coefficient (Wildman–Crippen LogP) is 4.42. The molecule has 0 saturated heterocycles. The van der Waals surface area contributed by atoms with Gasteiger partial charge in [-0.05, 0) is 46.0 Å². The van der Waals surface area contributed by atoms with Crippen molar-refractivity contribution in [2.45, 2.75) is 84.2 Å². The van der Waals surface area contributed by atoms with Crippen LogP contribution in [-0.2, 0) is 12.0 Å². The summed E-state index contributed by atoms with van der Waals surface area (Å²) in [4.78, 5) is 4.49. The first-order valence-corrected chi connectivity index (χ1v) is 8.01. The topological polar surface area (TPSA) is 38.1 Å². The van der Waals surface area contributed by atoms with E-state index in [0.29, 0.717) is 12.5 Å². The summed E-state index contributed by atoms with van der Waals surface area (Å²) in [5.74, 6) is 2.65. The summed E-state index contributed by atoms with van der Waals surface area (Å²) in [5.41, 5.74) is 0.346. The molecule has 0 spiro atoms. The van der Waals surface area contributed by atoms with Crippen molar-refractivity contribution in [2.24, 2.45) is 5.92 Å². The van der Waals surface area contributed by atoms with E-state index in [0.717, 1.165) is 11.7 Å². The Balaban J connectivity index is 2.09. The zero-order chi connectivity index (χ0) is 14.8. The molecule has 3 heteroatoms. The molecule has 1 aliphatic carbocycles. The minimum atomic E-state index is 0.0949. The van der Waals surface area contributed by atoms with Crippen LogP contribution < -0.4 is 5.32 Å². The number of aromatic nitrogens is 1. The zero-order valence-electron chi connectivity index (χ0n) is 13.8. The van der Waals surface area contributed by atoms with Crippen LogP contribution in [0.1, 0.15) is 78.4 Å². The maximum Gasteiger partial charge on any atom is 0.208 e. The largest absolute Gasteiger partial charge is 0.444 e. The van der Waals surface area contributed by atoms with Gasteiger partial charge >= 0.3 is 0 Å². The number of nitrogens with one attached hydrogen (secondary N) is 1. The molecule has 0 bridgehead atoms. The van der Waals surface area contributed by atoms with E-state index in [1.165, 1.54) is 32.1 Å². The molecule has 3 nitrogen and oxygen atoms in total. The van der Waals surface area contributed by atoms with Gasteiger partial charge in [0, 0.05) is 11.0 Å². The van der Waals surface area contributed by atoms with Crippen molar-refractivity contribution in [1.29, 1.82) is 0 Å². The second-order valence-electron chi connectivity index (χ2n) is 7.81. The van der Waals surface area contributed by atoms with Crippen LogP contribution >= 0.6 is 0 Å². The van der Waals surface area contributed by atoms with E-state index < -0.39 is 0 Å². The lowest BCUT2D eigenvalue weighted by Gasteiger charge is -2.28. The molecule has 1 N–H and O–H groups in total. The van der Waals surface area contributed by atoms with Gasteiger partial charge in [0.15, 0.2) is 0 Å². The number of rotatable bonds is 5. The monoisotopic (exact) mass is 278 g/mol. The molecule has 0 amide bonds. The van der Waals surface area contributed by atoms with Gasteiger partial charge in [-0.2, -0.15) is 0 Å². The minimum absolute atomic E-state index is 0.0949. The third-order valence-corrected chi connectivity index (χ3v) is 4.21. The second-order valence-corrected chi connectivity index (χ2v) is 7.81. The molecule has 1 fully saturated rings. The van der Waals surface area contributed by atoms with Crippen molar-refractivity contribution in [3.8, 4) is 0 Å². The number of hydrogen-bond acceptors (Lipinski definition) is 3. The Bertz CT molecular complexity index is 422. The fourth-order valence-electron chi connectivity index (χ4n) is 3.36. The summed E-state index contributed by atoms with van der Waals surface area (Å²) >= 11 is 0. The Morgan fingerprint density at radius 1 is 1.30 bits per heavy atom. The Hall–Kier alpha value is -0.830. The lowest BCUT2D eigenvalue weighted by molar-refractivity contribution is 0.271. The van der Waals surface area contributed by atoms with Crippen molar-refractivity contribution >= 4 is 0 Å². The number of oxazole rings is 1. The van der Waals surface area contributed by atoms with Crippen LogP contribution in [0.15, 0.2) is 10.6 Å². The zero-order valence-corrected chi connectivity index (χ0v) is 13.8. The van der Waals surface area contributed by atoms with E-state index in [1.807, 2.05) is 6.20 Å². The second kappa shape index (κ2) is 5.88. The van der Waals surface area contributed by atoms with Crippen molar-refractivity contribution in [3.05, 3.63) is 17.8 Å². The van der Waals surface area contributed by atoms with Crippen LogP contribution in [0.3, 0.4) is 0 Å². The lowest BCUT2D eigenvalue weighted by Crippen LogP contribution is -2.35. The van der Waals surface area contributed by atoms with E-state index in [-0.39, 0.29) is 11.0 Å². The van der Waals surface area contributed by atoms with Gasteiger partial charge < -0.3 is 9.73 Å². The van der Waals surface area contributed by atoms with E-state index in [2.05, 4.69) is 44.9 Å². The Labute approximate surface area is 123 Å². The molecular weight excluding hydrogens is 248 g/mol. The number of nitrogens with zero attached hydrogens (tertiary/aromatic N) is 1. The molecule has 1 aromatic rings. The first kappa shape index (κ1) is 15.6. The molecule has 2 rings (SSSR count). The summed E-state index contributed by atoms with van der Waals surface area (Å²) in [6, 6.07) is 0. The number of hydrogen-bond donors (Lipinski definition) is 1. The summed E-state index contributed by atoms with van der Waals surface area (Å²) in [7, 11) is 0. The molecule has 114 valence electrons. The third kappa shape index (κ3) is 3.85. The van der Waals surface area contributed by atoms with E-state index in [9.17, 15) is 0 Å². The van der Waals surface area contributed by atoms with Crippen LogP contribution in [0.25, 0.3) is 0 Å². The van der Waals surface area contributed by atoms with Crippen molar-refractivity contribution in [3.63, 3.8) is 0 Å². The molecule has 0 atom stereocenters. The highest BCUT2D eigenvalue weighted by Crippen LogP contribution is 2.45. The van der Waals surface area contributed by atoms with Gasteiger partial charge in [0.2, 0.25) is 5.89 Å². The fourth-order valence-corrected chi connectivity index (χ4v) is 3.36. The average Bonchev–Trinajstić information content (AvgIpc) is 2.93. The normalized spacial score (nSPS) is 18.9. The first-order valence-electron chi connectivity index (χ1n) is 8.01. The van der Waals surface area contributed by atoms with Gasteiger partial charge in [0.25, 0.3) is 0 Å². The molecule has 0 aromatic carbocycles. The van der Waals surface area contributed by atoms with Crippen LogP contribution in [0, 0.1) is 5.92 Å². The average molecular weight is 278 g/mol. The molecule has 0 aliphatic heterocycles. The fraction of sp³-hybridized carbons (Fsp3) is 0.824. The quantitative estimate of drug-likeness (QED) is 0.866. The lowest BCUT2D eigenvalue weighted by atomic mass is 9.77. The maximum atomic E-state index is 6.09. The van der Waals surface area contributed by atoms with Crippen LogP contribution in [0.4, 0.5) is 0 Å². The summed E-state index contributed by atoms with van der Waals surface area (Å²) < 4.78 is 6.09. The van der Waals surface area contributed by atoms with Crippen molar-refractivity contribution < 1.29 is 4.42 Å². The molecule has 20 heavy (non-hydrogen) atoms. The molecule has 1 saturated carbocycles. The molecular formula is C17H30N2O. The molecule has 0 unspecified atom stereocenters. The van der Waals surface area contributed by atoms with Crippen LogP contribution in [0.2, 0.25) is 0 Å². The first-order chi connectivity index (χ1) is 9.31. The molecule has 0 radical (unpaired) electrons. The molecule has 1 aromatic heterocycles. The Kier molecular flexibility index (Phi) is 4.58. The van der Waals surface area contributed by atoms with Gasteiger partial charge in [-0.25, -0.2) is 4.98 Å². The van der Waals surface area contributed by atoms with Gasteiger partial charge in [-0.1, -0.05) is 26.7 Å². The van der Waals surface area contributed by atoms with Crippen molar-refractivity contribution in [2.75, 3.05) is 0 Å². The summed E-state index contributed by atoms with van der Waals surface area (Å²) in [6.07, 6.45) is 8.35. The van der Waals surface area contributed by atoms with Crippen LogP contribution in [-0.4, -0.2) is 10.5 Å². The highest BCUT2D eigenvalue weighted by atomic mass is 16.4. The van der Waals surface area contributed by atoms with E-state index >= 15 is 0 Å². The summed E-state index contributed by atoms with van der Waals surface area (Å²) in [5, 5.41) is 3.44.